The molecule has 1 N–H and O–H groups in total. The van der Waals surface area contributed by atoms with Crippen molar-refractivity contribution in [3.63, 3.8) is 0 Å². The fourth-order valence-electron chi connectivity index (χ4n) is 5.39. The van der Waals surface area contributed by atoms with E-state index in [-0.39, 0.29) is 11.6 Å². The molecule has 1 aromatic carbocycles. The summed E-state index contributed by atoms with van der Waals surface area (Å²) < 4.78 is 0. The molecule has 3 saturated heterocycles. The maximum absolute atomic E-state index is 12.9. The van der Waals surface area contributed by atoms with Crippen molar-refractivity contribution >= 4 is 17.5 Å². The molecule has 0 unspecified atom stereocenters. The summed E-state index contributed by atoms with van der Waals surface area (Å²) in [6, 6.07) is 8.11. The van der Waals surface area contributed by atoms with Crippen LogP contribution < -0.4 is 0 Å². The molecule has 6 heteroatoms. The molecular formula is C19H21ClN4O. The topological polar surface area (TPSA) is 52.2 Å². The molecule has 1 aromatic heterocycles. The van der Waals surface area contributed by atoms with E-state index in [1.165, 1.54) is 5.56 Å². The first-order valence-electron chi connectivity index (χ1n) is 8.93. The minimum atomic E-state index is -0.270. The molecule has 4 heterocycles. The fraction of sp³-hybridized carbons (Fsp3) is 0.474. The van der Waals surface area contributed by atoms with Crippen LogP contribution >= 0.6 is 11.6 Å². The van der Waals surface area contributed by atoms with Gasteiger partial charge in [0.05, 0.1) is 11.9 Å². The zero-order valence-corrected chi connectivity index (χ0v) is 15.0. The standard InChI is InChI=1S/C19H21ClN4O/c1-23-11-13-9-16(24-8-2-7-19(13,24)18(23)25)15-10-21-22-17(15)12-3-5-14(20)6-4-12/h3-6,10,13,16H,2,7-9,11H2,1H3,(H,21,22)/t13-,16-,19-/m0/s1. The van der Waals surface area contributed by atoms with Gasteiger partial charge in [0.25, 0.3) is 0 Å². The quantitative estimate of drug-likeness (QED) is 0.899. The first-order chi connectivity index (χ1) is 12.1. The normalized spacial score (nSPS) is 31.6. The second kappa shape index (κ2) is 5.32. The van der Waals surface area contributed by atoms with Gasteiger partial charge in [0.15, 0.2) is 0 Å². The number of hydrogen-bond acceptors (Lipinski definition) is 3. The van der Waals surface area contributed by atoms with E-state index in [2.05, 4.69) is 15.1 Å². The van der Waals surface area contributed by atoms with E-state index in [1.54, 1.807) is 0 Å². The Hall–Kier alpha value is -1.85. The highest BCUT2D eigenvalue weighted by atomic mass is 35.5. The monoisotopic (exact) mass is 356 g/mol. The zero-order valence-electron chi connectivity index (χ0n) is 14.2. The molecule has 2 aromatic rings. The van der Waals surface area contributed by atoms with E-state index in [1.807, 2.05) is 42.4 Å². The highest BCUT2D eigenvalue weighted by Crippen LogP contribution is 2.56. The van der Waals surface area contributed by atoms with Crippen molar-refractivity contribution in [2.45, 2.75) is 30.8 Å². The summed E-state index contributed by atoms with van der Waals surface area (Å²) >= 11 is 6.03. The number of aromatic amines is 1. The number of likely N-dealkylation sites (N-methyl/N-ethyl adjacent to an activating group) is 1. The molecule has 3 aliphatic rings. The van der Waals surface area contributed by atoms with E-state index in [9.17, 15) is 4.79 Å². The second-order valence-corrected chi connectivity index (χ2v) is 8.00. The molecule has 0 saturated carbocycles. The lowest BCUT2D eigenvalue weighted by molar-refractivity contribution is -0.135. The number of nitrogens with one attached hydrogen (secondary N) is 1. The van der Waals surface area contributed by atoms with Crippen molar-refractivity contribution in [2.75, 3.05) is 20.1 Å². The summed E-state index contributed by atoms with van der Waals surface area (Å²) in [5.74, 6) is 0.736. The minimum Gasteiger partial charge on any atom is -0.344 e. The number of carbonyl (C=O) groups is 1. The van der Waals surface area contributed by atoms with E-state index in [0.29, 0.717) is 11.8 Å². The van der Waals surface area contributed by atoms with Gasteiger partial charge in [-0.15, -0.1) is 0 Å². The summed E-state index contributed by atoms with van der Waals surface area (Å²) in [5.41, 5.74) is 3.07. The third kappa shape index (κ3) is 1.99. The molecule has 3 aliphatic heterocycles. The largest absolute Gasteiger partial charge is 0.344 e. The first kappa shape index (κ1) is 15.4. The van der Waals surface area contributed by atoms with E-state index < -0.39 is 0 Å². The highest BCUT2D eigenvalue weighted by molar-refractivity contribution is 6.30. The molecule has 1 spiro atoms. The number of nitrogens with zero attached hydrogens (tertiary/aromatic N) is 3. The van der Waals surface area contributed by atoms with Crippen LogP contribution in [0.4, 0.5) is 0 Å². The summed E-state index contributed by atoms with van der Waals surface area (Å²) in [5, 5.41) is 8.22. The molecule has 3 atom stereocenters. The molecule has 130 valence electrons. The predicted molar refractivity (Wildman–Crippen MR) is 96.2 cm³/mol. The molecule has 5 rings (SSSR count). The van der Waals surface area contributed by atoms with Gasteiger partial charge < -0.3 is 4.90 Å². The van der Waals surface area contributed by atoms with Crippen LogP contribution in [0.15, 0.2) is 30.5 Å². The van der Waals surface area contributed by atoms with Gasteiger partial charge in [-0.1, -0.05) is 23.7 Å². The second-order valence-electron chi connectivity index (χ2n) is 7.56. The summed E-state index contributed by atoms with van der Waals surface area (Å²) in [7, 11) is 1.94. The van der Waals surface area contributed by atoms with Crippen molar-refractivity contribution in [2.24, 2.45) is 5.92 Å². The third-order valence-electron chi connectivity index (χ3n) is 6.40. The van der Waals surface area contributed by atoms with Gasteiger partial charge in [0.2, 0.25) is 5.91 Å². The Morgan fingerprint density at radius 2 is 2.12 bits per heavy atom. The number of aromatic nitrogens is 2. The highest BCUT2D eigenvalue weighted by Gasteiger charge is 2.64. The molecule has 0 bridgehead atoms. The average molecular weight is 357 g/mol. The van der Waals surface area contributed by atoms with Gasteiger partial charge in [-0.3, -0.25) is 14.8 Å². The lowest BCUT2D eigenvalue weighted by atomic mass is 9.85. The lowest BCUT2D eigenvalue weighted by Crippen LogP contribution is -2.49. The maximum atomic E-state index is 12.9. The molecule has 5 nitrogen and oxygen atoms in total. The number of benzene rings is 1. The van der Waals surface area contributed by atoms with Crippen molar-refractivity contribution in [3.05, 3.63) is 41.0 Å². The van der Waals surface area contributed by atoms with Gasteiger partial charge in [-0.05, 0) is 43.5 Å². The van der Waals surface area contributed by atoms with E-state index in [0.717, 1.165) is 48.6 Å². The van der Waals surface area contributed by atoms with E-state index >= 15 is 0 Å². The Morgan fingerprint density at radius 1 is 1.32 bits per heavy atom. The van der Waals surface area contributed by atoms with Crippen LogP contribution in [-0.2, 0) is 4.79 Å². The van der Waals surface area contributed by atoms with Crippen molar-refractivity contribution < 1.29 is 4.79 Å². The number of halogens is 1. The SMILES string of the molecule is CN1C[C@@H]2C[C@@H](c3cn[nH]c3-c3ccc(Cl)cc3)N3CCC[C@@]23C1=O. The number of H-pyrrole nitrogens is 1. The van der Waals surface area contributed by atoms with Gasteiger partial charge in [-0.25, -0.2) is 0 Å². The summed E-state index contributed by atoms with van der Waals surface area (Å²) in [4.78, 5) is 17.3. The summed E-state index contributed by atoms with van der Waals surface area (Å²) in [6.45, 7) is 1.87. The number of carbonyl (C=O) groups excluding carboxylic acids is 1. The Bertz CT molecular complexity index is 832. The molecule has 0 aliphatic carbocycles. The number of amides is 1. The average Bonchev–Trinajstić information content (AvgIpc) is 3.33. The Morgan fingerprint density at radius 3 is 2.92 bits per heavy atom. The Kier molecular flexibility index (Phi) is 3.28. The van der Waals surface area contributed by atoms with Gasteiger partial charge in [-0.2, -0.15) is 5.10 Å². The van der Waals surface area contributed by atoms with Gasteiger partial charge in [0, 0.05) is 36.1 Å². The molecule has 25 heavy (non-hydrogen) atoms. The number of hydrogen-bond donors (Lipinski definition) is 1. The van der Waals surface area contributed by atoms with Crippen LogP contribution in [0.3, 0.4) is 0 Å². The smallest absolute Gasteiger partial charge is 0.243 e. The maximum Gasteiger partial charge on any atom is 0.243 e. The van der Waals surface area contributed by atoms with Crippen LogP contribution in [0, 0.1) is 5.92 Å². The van der Waals surface area contributed by atoms with Crippen molar-refractivity contribution in [1.82, 2.24) is 20.0 Å². The molecule has 0 radical (unpaired) electrons. The first-order valence-corrected chi connectivity index (χ1v) is 9.30. The lowest BCUT2D eigenvalue weighted by Gasteiger charge is -2.33. The Balaban J connectivity index is 1.55. The van der Waals surface area contributed by atoms with Crippen LogP contribution in [0.1, 0.15) is 30.9 Å². The van der Waals surface area contributed by atoms with Crippen molar-refractivity contribution in [1.29, 1.82) is 0 Å². The fourth-order valence-corrected chi connectivity index (χ4v) is 5.52. The van der Waals surface area contributed by atoms with Gasteiger partial charge in [0.1, 0.15) is 5.54 Å². The van der Waals surface area contributed by atoms with Gasteiger partial charge >= 0.3 is 0 Å². The third-order valence-corrected chi connectivity index (χ3v) is 6.65. The Labute approximate surface area is 152 Å². The number of likely N-dealkylation sites (tertiary alicyclic amines) is 1. The summed E-state index contributed by atoms with van der Waals surface area (Å²) in [6.07, 6.45) is 5.05. The van der Waals surface area contributed by atoms with Crippen LogP contribution in [0.2, 0.25) is 5.02 Å². The minimum absolute atomic E-state index is 0.259. The molecule has 1 amide bonds. The molecule has 3 fully saturated rings. The van der Waals surface area contributed by atoms with E-state index in [4.69, 9.17) is 11.6 Å². The zero-order chi connectivity index (χ0) is 17.2. The van der Waals surface area contributed by atoms with Crippen molar-refractivity contribution in [3.8, 4) is 11.3 Å². The predicted octanol–water partition coefficient (Wildman–Crippen LogP) is 3.10. The number of rotatable bonds is 2. The van der Waals surface area contributed by atoms with Crippen LogP contribution in [-0.4, -0.2) is 51.6 Å². The van der Waals surface area contributed by atoms with Crippen LogP contribution in [0.5, 0.6) is 0 Å². The van der Waals surface area contributed by atoms with Crippen LogP contribution in [0.25, 0.3) is 11.3 Å². The molecular weight excluding hydrogens is 336 g/mol.